The molecule has 0 unspecified atom stereocenters. The third-order valence-corrected chi connectivity index (χ3v) is 3.51. The van der Waals surface area contributed by atoms with E-state index in [0.717, 1.165) is 24.5 Å². The fourth-order valence-corrected chi connectivity index (χ4v) is 2.47. The van der Waals surface area contributed by atoms with Crippen LogP contribution in [0.5, 0.6) is 0 Å². The lowest BCUT2D eigenvalue weighted by molar-refractivity contribution is 0.0159. The highest BCUT2D eigenvalue weighted by atomic mass is 16.6. The summed E-state index contributed by atoms with van der Waals surface area (Å²) in [5.41, 5.74) is 7.16. The molecule has 1 aliphatic heterocycles. The Balaban J connectivity index is 1.99. The molecule has 0 bridgehead atoms. The number of amides is 1. The number of nitrogens with two attached hydrogens (primary N) is 1. The van der Waals surface area contributed by atoms with E-state index in [-0.39, 0.29) is 12.1 Å². The molecule has 2 N–H and O–H groups in total. The van der Waals surface area contributed by atoms with Crippen molar-refractivity contribution >= 4 is 17.5 Å². The second-order valence-electron chi connectivity index (χ2n) is 6.56. The lowest BCUT2D eigenvalue weighted by Gasteiger charge is -2.41. The van der Waals surface area contributed by atoms with Crippen molar-refractivity contribution in [1.29, 1.82) is 0 Å². The number of hydrogen-bond donors (Lipinski definition) is 1. The van der Waals surface area contributed by atoms with Gasteiger partial charge < -0.3 is 20.3 Å². The van der Waals surface area contributed by atoms with E-state index >= 15 is 0 Å². The maximum absolute atomic E-state index is 12.2. The lowest BCUT2D eigenvalue weighted by atomic mass is 10.1. The van der Waals surface area contributed by atoms with Gasteiger partial charge >= 0.3 is 6.09 Å². The van der Waals surface area contributed by atoms with E-state index in [1.165, 1.54) is 0 Å². The van der Waals surface area contributed by atoms with E-state index in [1.807, 2.05) is 52.0 Å². The topological polar surface area (TPSA) is 58.8 Å². The summed E-state index contributed by atoms with van der Waals surface area (Å²) in [6, 6.07) is 7.96. The molecule has 0 saturated carbocycles. The minimum atomic E-state index is -0.453. The zero-order valence-corrected chi connectivity index (χ0v) is 13.3. The summed E-state index contributed by atoms with van der Waals surface area (Å²) in [6.45, 7) is 9.98. The van der Waals surface area contributed by atoms with Gasteiger partial charge in [-0.3, -0.25) is 0 Å². The number of ether oxygens (including phenoxy) is 1. The van der Waals surface area contributed by atoms with Crippen molar-refractivity contribution in [2.75, 3.05) is 30.3 Å². The quantitative estimate of drug-likeness (QED) is 0.808. The normalized spacial score (nSPS) is 19.5. The largest absolute Gasteiger partial charge is 0.444 e. The third-order valence-electron chi connectivity index (χ3n) is 3.51. The van der Waals surface area contributed by atoms with Gasteiger partial charge in [-0.25, -0.2) is 4.79 Å². The van der Waals surface area contributed by atoms with Gasteiger partial charge in [0, 0.05) is 37.1 Å². The Labute approximate surface area is 126 Å². The molecule has 5 nitrogen and oxygen atoms in total. The van der Waals surface area contributed by atoms with Crippen LogP contribution in [0, 0.1) is 0 Å². The first kappa shape index (κ1) is 15.5. The molecule has 116 valence electrons. The predicted molar refractivity (Wildman–Crippen MR) is 85.5 cm³/mol. The first-order chi connectivity index (χ1) is 9.76. The molecule has 1 amide bonds. The van der Waals surface area contributed by atoms with E-state index in [1.54, 1.807) is 4.90 Å². The smallest absolute Gasteiger partial charge is 0.410 e. The standard InChI is InChI=1S/C16H25N3O2/c1-12-11-18(14-7-5-13(17)6-8-14)9-10-19(12)15(20)21-16(2,3)4/h5-8,12H,9-11,17H2,1-4H3/t12-/m1/s1. The van der Waals surface area contributed by atoms with Crippen molar-refractivity contribution in [2.45, 2.75) is 39.3 Å². The molecular formula is C16H25N3O2. The maximum atomic E-state index is 12.2. The molecule has 0 radical (unpaired) electrons. The second-order valence-corrected chi connectivity index (χ2v) is 6.56. The number of nitrogens with zero attached hydrogens (tertiary/aromatic N) is 2. The zero-order chi connectivity index (χ0) is 15.6. The number of hydrogen-bond acceptors (Lipinski definition) is 4. The van der Waals surface area contributed by atoms with Crippen molar-refractivity contribution in [1.82, 2.24) is 4.90 Å². The first-order valence-corrected chi connectivity index (χ1v) is 7.36. The number of benzene rings is 1. The molecular weight excluding hydrogens is 266 g/mol. The number of nitrogen functional groups attached to an aromatic ring is 1. The molecule has 0 spiro atoms. The van der Waals surface area contributed by atoms with E-state index in [0.29, 0.717) is 6.54 Å². The average molecular weight is 291 g/mol. The van der Waals surface area contributed by atoms with Gasteiger partial charge in [-0.2, -0.15) is 0 Å². The van der Waals surface area contributed by atoms with E-state index in [9.17, 15) is 4.79 Å². The van der Waals surface area contributed by atoms with Crippen molar-refractivity contribution in [3.63, 3.8) is 0 Å². The monoisotopic (exact) mass is 291 g/mol. The van der Waals surface area contributed by atoms with E-state index < -0.39 is 5.60 Å². The molecule has 1 fully saturated rings. The summed E-state index contributed by atoms with van der Waals surface area (Å²) >= 11 is 0. The Bertz CT molecular complexity index is 493. The number of carbonyl (C=O) groups excluding carboxylic acids is 1. The van der Waals surface area contributed by atoms with Crippen LogP contribution in [0.2, 0.25) is 0 Å². The third kappa shape index (κ3) is 4.03. The highest BCUT2D eigenvalue weighted by Gasteiger charge is 2.30. The average Bonchev–Trinajstić information content (AvgIpc) is 2.37. The van der Waals surface area contributed by atoms with Crippen LogP contribution in [0.3, 0.4) is 0 Å². The van der Waals surface area contributed by atoms with Crippen LogP contribution in [0.15, 0.2) is 24.3 Å². The molecule has 21 heavy (non-hydrogen) atoms. The number of anilines is 2. The van der Waals surface area contributed by atoms with Crippen molar-refractivity contribution < 1.29 is 9.53 Å². The summed E-state index contributed by atoms with van der Waals surface area (Å²) in [4.78, 5) is 16.3. The Morgan fingerprint density at radius 1 is 1.24 bits per heavy atom. The van der Waals surface area contributed by atoms with Crippen LogP contribution in [0.4, 0.5) is 16.2 Å². The molecule has 1 aromatic carbocycles. The van der Waals surface area contributed by atoms with Crippen LogP contribution in [-0.4, -0.2) is 42.3 Å². The van der Waals surface area contributed by atoms with Crippen molar-refractivity contribution in [3.8, 4) is 0 Å². The summed E-state index contributed by atoms with van der Waals surface area (Å²) in [5.74, 6) is 0. The van der Waals surface area contributed by atoms with Crippen molar-refractivity contribution in [3.05, 3.63) is 24.3 Å². The maximum Gasteiger partial charge on any atom is 0.410 e. The van der Waals surface area contributed by atoms with Gasteiger partial charge in [0.1, 0.15) is 5.60 Å². The fourth-order valence-electron chi connectivity index (χ4n) is 2.47. The van der Waals surface area contributed by atoms with Crippen LogP contribution in [0.1, 0.15) is 27.7 Å². The molecule has 1 saturated heterocycles. The number of carbonyl (C=O) groups is 1. The van der Waals surface area contributed by atoms with Crippen LogP contribution < -0.4 is 10.6 Å². The first-order valence-electron chi connectivity index (χ1n) is 7.36. The molecule has 1 heterocycles. The Hall–Kier alpha value is -1.91. The molecule has 2 rings (SSSR count). The highest BCUT2D eigenvalue weighted by Crippen LogP contribution is 2.21. The molecule has 5 heteroatoms. The second kappa shape index (κ2) is 5.84. The minimum Gasteiger partial charge on any atom is -0.444 e. The van der Waals surface area contributed by atoms with E-state index in [2.05, 4.69) is 4.90 Å². The molecule has 0 aliphatic carbocycles. The lowest BCUT2D eigenvalue weighted by Crippen LogP contribution is -2.55. The Morgan fingerprint density at radius 3 is 2.38 bits per heavy atom. The molecule has 1 aliphatic rings. The van der Waals surface area contributed by atoms with Crippen LogP contribution in [-0.2, 0) is 4.74 Å². The molecule has 1 aromatic rings. The number of piperazine rings is 1. The highest BCUT2D eigenvalue weighted by molar-refractivity contribution is 5.69. The van der Waals surface area contributed by atoms with E-state index in [4.69, 9.17) is 10.5 Å². The van der Waals surface area contributed by atoms with Gasteiger partial charge in [0.2, 0.25) is 0 Å². The van der Waals surface area contributed by atoms with Gasteiger partial charge in [0.05, 0.1) is 0 Å². The van der Waals surface area contributed by atoms with Gasteiger partial charge in [-0.05, 0) is 52.0 Å². The van der Waals surface area contributed by atoms with Gasteiger partial charge in [-0.15, -0.1) is 0 Å². The Kier molecular flexibility index (Phi) is 4.30. The molecule has 0 aromatic heterocycles. The predicted octanol–water partition coefficient (Wildman–Crippen LogP) is 2.71. The van der Waals surface area contributed by atoms with Crippen LogP contribution >= 0.6 is 0 Å². The van der Waals surface area contributed by atoms with Crippen molar-refractivity contribution in [2.24, 2.45) is 0 Å². The van der Waals surface area contributed by atoms with Gasteiger partial charge in [0.15, 0.2) is 0 Å². The van der Waals surface area contributed by atoms with Crippen LogP contribution in [0.25, 0.3) is 0 Å². The summed E-state index contributed by atoms with van der Waals surface area (Å²) in [7, 11) is 0. The molecule has 1 atom stereocenters. The minimum absolute atomic E-state index is 0.117. The zero-order valence-electron chi connectivity index (χ0n) is 13.3. The summed E-state index contributed by atoms with van der Waals surface area (Å²) in [6.07, 6.45) is -0.230. The number of rotatable bonds is 1. The Morgan fingerprint density at radius 2 is 1.86 bits per heavy atom. The summed E-state index contributed by atoms with van der Waals surface area (Å²) < 4.78 is 5.46. The summed E-state index contributed by atoms with van der Waals surface area (Å²) in [5, 5.41) is 0. The van der Waals surface area contributed by atoms with Gasteiger partial charge in [0.25, 0.3) is 0 Å². The SMILES string of the molecule is C[C@@H]1CN(c2ccc(N)cc2)CCN1C(=O)OC(C)(C)C. The fraction of sp³-hybridized carbons (Fsp3) is 0.562. The van der Waals surface area contributed by atoms with Gasteiger partial charge in [-0.1, -0.05) is 0 Å².